The lowest BCUT2D eigenvalue weighted by Crippen LogP contribution is -1.91. The van der Waals surface area contributed by atoms with E-state index >= 15 is 0 Å². The van der Waals surface area contributed by atoms with Crippen LogP contribution in [0.4, 0.5) is 0 Å². The van der Waals surface area contributed by atoms with E-state index in [1.807, 2.05) is 0 Å². The van der Waals surface area contributed by atoms with Crippen molar-refractivity contribution in [3.63, 3.8) is 0 Å². The third-order valence-electron chi connectivity index (χ3n) is 5.09. The van der Waals surface area contributed by atoms with Crippen LogP contribution in [0.3, 0.4) is 0 Å². The zero-order valence-corrected chi connectivity index (χ0v) is 15.8. The predicted molar refractivity (Wildman–Crippen MR) is 97.4 cm³/mol. The minimum Gasteiger partial charge on any atom is -0.507 e. The standard InChI is InChI=1S/2C10H14O2/c2*1-5-6(2)10(12)8(4)7(3)9(5)11/h2*11-12H,1-4H3. The molecule has 4 N–H and O–H groups in total. The van der Waals surface area contributed by atoms with Crippen LogP contribution in [0.1, 0.15) is 44.5 Å². The Morgan fingerprint density at radius 3 is 0.458 bits per heavy atom. The number of phenolic OH excluding ortho intramolecular Hbond substituents is 4. The molecule has 132 valence electrons. The summed E-state index contributed by atoms with van der Waals surface area (Å²) in [6.45, 7) is 14.4. The molecule has 0 heterocycles. The molecule has 4 nitrogen and oxygen atoms in total. The molecule has 24 heavy (non-hydrogen) atoms. The van der Waals surface area contributed by atoms with Crippen LogP contribution in [0.15, 0.2) is 0 Å². The Hall–Kier alpha value is -2.36. The van der Waals surface area contributed by atoms with E-state index < -0.39 is 0 Å². The van der Waals surface area contributed by atoms with Crippen molar-refractivity contribution < 1.29 is 20.4 Å². The Kier molecular flexibility index (Phi) is 5.77. The Morgan fingerprint density at radius 1 is 0.292 bits per heavy atom. The molecular weight excluding hydrogens is 304 g/mol. The van der Waals surface area contributed by atoms with Crippen LogP contribution in [-0.2, 0) is 0 Å². The molecule has 2 aromatic carbocycles. The molecule has 2 aromatic rings. The molecule has 0 amide bonds. The highest BCUT2D eigenvalue weighted by atomic mass is 16.3. The van der Waals surface area contributed by atoms with Crippen molar-refractivity contribution in [2.75, 3.05) is 0 Å². The van der Waals surface area contributed by atoms with Gasteiger partial charge in [0.15, 0.2) is 0 Å². The summed E-state index contributed by atoms with van der Waals surface area (Å²) < 4.78 is 0. The highest BCUT2D eigenvalue weighted by Gasteiger charge is 2.13. The molecule has 0 fully saturated rings. The summed E-state index contributed by atoms with van der Waals surface area (Å²) in [4.78, 5) is 0. The average molecular weight is 332 g/mol. The lowest BCUT2D eigenvalue weighted by Gasteiger charge is -2.12. The van der Waals surface area contributed by atoms with Gasteiger partial charge in [-0.05, 0) is 99.9 Å². The first kappa shape index (κ1) is 19.7. The molecule has 0 saturated heterocycles. The maximum absolute atomic E-state index is 9.58. The fourth-order valence-electron chi connectivity index (χ4n) is 2.55. The van der Waals surface area contributed by atoms with Crippen LogP contribution in [0.25, 0.3) is 0 Å². The maximum Gasteiger partial charge on any atom is 0.122 e. The average Bonchev–Trinajstić information content (AvgIpc) is 2.58. The predicted octanol–water partition coefficient (Wildman–Crippen LogP) is 4.66. The molecule has 0 aliphatic carbocycles. The summed E-state index contributed by atoms with van der Waals surface area (Å²) in [7, 11) is 0. The molecule has 0 unspecified atom stereocenters. The molecule has 4 heteroatoms. The van der Waals surface area contributed by atoms with Gasteiger partial charge in [-0.25, -0.2) is 0 Å². The summed E-state index contributed by atoms with van der Waals surface area (Å²) in [5, 5.41) is 38.3. The minimum absolute atomic E-state index is 0.294. The smallest absolute Gasteiger partial charge is 0.122 e. The quantitative estimate of drug-likeness (QED) is 0.529. The van der Waals surface area contributed by atoms with Crippen LogP contribution < -0.4 is 0 Å². The highest BCUT2D eigenvalue weighted by Crippen LogP contribution is 2.36. The molecule has 0 saturated carbocycles. The van der Waals surface area contributed by atoms with Gasteiger partial charge in [0.05, 0.1) is 0 Å². The summed E-state index contributed by atoms with van der Waals surface area (Å²) in [6.07, 6.45) is 0. The van der Waals surface area contributed by atoms with Crippen LogP contribution in [0, 0.1) is 55.4 Å². The van der Waals surface area contributed by atoms with Crippen molar-refractivity contribution in [1.82, 2.24) is 0 Å². The van der Waals surface area contributed by atoms with Gasteiger partial charge in [0, 0.05) is 0 Å². The summed E-state index contributed by atoms with van der Waals surface area (Å²) >= 11 is 0. The number of benzene rings is 2. The van der Waals surface area contributed by atoms with Gasteiger partial charge in [0.1, 0.15) is 23.0 Å². The van der Waals surface area contributed by atoms with Gasteiger partial charge < -0.3 is 20.4 Å². The fourth-order valence-corrected chi connectivity index (χ4v) is 2.55. The van der Waals surface area contributed by atoms with Gasteiger partial charge in [-0.3, -0.25) is 0 Å². The topological polar surface area (TPSA) is 80.9 Å². The largest absolute Gasteiger partial charge is 0.507 e. The fraction of sp³-hybridized carbons (Fsp3) is 0.400. The van der Waals surface area contributed by atoms with Crippen molar-refractivity contribution in [2.45, 2.75) is 55.4 Å². The first-order valence-corrected chi connectivity index (χ1v) is 7.89. The first-order valence-electron chi connectivity index (χ1n) is 7.89. The SMILES string of the molecule is Cc1c(C)c(O)c(C)c(C)c1O.Cc1c(C)c(O)c(C)c(C)c1O. The summed E-state index contributed by atoms with van der Waals surface area (Å²) in [5.41, 5.74) is 6.08. The second-order valence-electron chi connectivity index (χ2n) is 6.39. The van der Waals surface area contributed by atoms with Crippen LogP contribution in [0.2, 0.25) is 0 Å². The minimum atomic E-state index is 0.294. The van der Waals surface area contributed by atoms with Crippen molar-refractivity contribution >= 4 is 0 Å². The molecule has 0 aromatic heterocycles. The van der Waals surface area contributed by atoms with E-state index in [0.717, 1.165) is 44.5 Å². The molecular formula is C20H28O4. The Balaban J connectivity index is 0.000000240. The van der Waals surface area contributed by atoms with E-state index in [0.29, 0.717) is 23.0 Å². The molecule has 0 radical (unpaired) electrons. The zero-order chi connectivity index (χ0) is 18.9. The van der Waals surface area contributed by atoms with Crippen molar-refractivity contribution in [2.24, 2.45) is 0 Å². The van der Waals surface area contributed by atoms with Gasteiger partial charge in [0.2, 0.25) is 0 Å². The van der Waals surface area contributed by atoms with E-state index in [9.17, 15) is 20.4 Å². The number of rotatable bonds is 0. The van der Waals surface area contributed by atoms with E-state index in [1.54, 1.807) is 55.4 Å². The lowest BCUT2D eigenvalue weighted by atomic mass is 9.99. The number of phenols is 4. The highest BCUT2D eigenvalue weighted by molar-refractivity contribution is 5.56. The Morgan fingerprint density at radius 2 is 0.375 bits per heavy atom. The Bertz CT molecular complexity index is 512. The number of aromatic hydroxyl groups is 4. The van der Waals surface area contributed by atoms with Gasteiger partial charge in [-0.2, -0.15) is 0 Å². The molecule has 0 atom stereocenters. The second kappa shape index (κ2) is 7.04. The van der Waals surface area contributed by atoms with E-state index in [-0.39, 0.29) is 0 Å². The van der Waals surface area contributed by atoms with Crippen LogP contribution >= 0.6 is 0 Å². The zero-order valence-electron chi connectivity index (χ0n) is 15.8. The molecule has 2 rings (SSSR count). The number of hydrogen-bond acceptors (Lipinski definition) is 4. The molecule has 0 spiro atoms. The summed E-state index contributed by atoms with van der Waals surface area (Å²) in [5.74, 6) is 1.18. The van der Waals surface area contributed by atoms with Gasteiger partial charge in [-0.1, -0.05) is 0 Å². The summed E-state index contributed by atoms with van der Waals surface area (Å²) in [6, 6.07) is 0. The molecule has 0 aliphatic rings. The first-order chi connectivity index (χ1) is 10.9. The normalized spacial score (nSPS) is 10.3. The third-order valence-corrected chi connectivity index (χ3v) is 5.09. The van der Waals surface area contributed by atoms with E-state index in [4.69, 9.17) is 0 Å². The molecule has 0 bridgehead atoms. The Labute approximate surface area is 144 Å². The van der Waals surface area contributed by atoms with Crippen molar-refractivity contribution in [3.8, 4) is 23.0 Å². The van der Waals surface area contributed by atoms with Crippen molar-refractivity contribution in [3.05, 3.63) is 44.5 Å². The second-order valence-corrected chi connectivity index (χ2v) is 6.39. The monoisotopic (exact) mass is 332 g/mol. The van der Waals surface area contributed by atoms with Crippen LogP contribution in [-0.4, -0.2) is 20.4 Å². The van der Waals surface area contributed by atoms with E-state index in [1.165, 1.54) is 0 Å². The third kappa shape index (κ3) is 3.28. The van der Waals surface area contributed by atoms with Crippen molar-refractivity contribution in [1.29, 1.82) is 0 Å². The van der Waals surface area contributed by atoms with E-state index in [2.05, 4.69) is 0 Å². The molecule has 0 aliphatic heterocycles. The maximum atomic E-state index is 9.58. The van der Waals surface area contributed by atoms with Crippen LogP contribution in [0.5, 0.6) is 23.0 Å². The van der Waals surface area contributed by atoms with Gasteiger partial charge >= 0.3 is 0 Å². The van der Waals surface area contributed by atoms with Gasteiger partial charge in [-0.15, -0.1) is 0 Å². The lowest BCUT2D eigenvalue weighted by molar-refractivity contribution is 0.446. The number of hydrogen-bond donors (Lipinski definition) is 4. The van der Waals surface area contributed by atoms with Gasteiger partial charge in [0.25, 0.3) is 0 Å².